The molecule has 1 heterocycles. The van der Waals surface area contributed by atoms with E-state index in [-0.39, 0.29) is 0 Å². The lowest BCUT2D eigenvalue weighted by atomic mass is 10.0. The van der Waals surface area contributed by atoms with Crippen LogP contribution in [0.25, 0.3) is 11.1 Å². The normalized spacial score (nSPS) is 13.8. The summed E-state index contributed by atoms with van der Waals surface area (Å²) < 4.78 is 5.56. The number of fused-ring (bicyclic) bond motifs is 1. The Labute approximate surface area is 137 Å². The van der Waals surface area contributed by atoms with E-state index >= 15 is 0 Å². The minimum absolute atomic E-state index is 0.296. The summed E-state index contributed by atoms with van der Waals surface area (Å²) in [6.07, 6.45) is 0.998. The molecule has 0 aromatic heterocycles. The molecule has 4 nitrogen and oxygen atoms in total. The number of hydrogen-bond acceptors (Lipinski definition) is 2. The van der Waals surface area contributed by atoms with E-state index in [1.54, 1.807) is 0 Å². The predicted octanol–water partition coefficient (Wildman–Crippen LogP) is 3.10. The zero-order valence-corrected chi connectivity index (χ0v) is 13.7. The summed E-state index contributed by atoms with van der Waals surface area (Å²) in [6, 6.07) is 15.2. The third kappa shape index (κ3) is 3.83. The Kier molecular flexibility index (Phi) is 4.51. The van der Waals surface area contributed by atoms with Crippen molar-refractivity contribution in [2.24, 2.45) is 10.7 Å². The van der Waals surface area contributed by atoms with Crippen LogP contribution in [0.1, 0.15) is 25.0 Å². The summed E-state index contributed by atoms with van der Waals surface area (Å²) in [5.74, 6) is 1.51. The number of rotatable bonds is 4. The van der Waals surface area contributed by atoms with Crippen LogP contribution in [-0.4, -0.2) is 18.6 Å². The van der Waals surface area contributed by atoms with Crippen molar-refractivity contribution in [3.63, 3.8) is 0 Å². The van der Waals surface area contributed by atoms with Crippen molar-refractivity contribution in [1.82, 2.24) is 5.32 Å². The van der Waals surface area contributed by atoms with Crippen molar-refractivity contribution < 1.29 is 4.74 Å². The summed E-state index contributed by atoms with van der Waals surface area (Å²) in [5, 5.41) is 3.09. The molecular weight excluding hydrogens is 286 g/mol. The number of benzene rings is 2. The lowest BCUT2D eigenvalue weighted by molar-refractivity contribution is 0.357. The Morgan fingerprint density at radius 1 is 1.17 bits per heavy atom. The molecule has 0 saturated heterocycles. The second-order valence-corrected chi connectivity index (χ2v) is 6.12. The van der Waals surface area contributed by atoms with Gasteiger partial charge in [-0.2, -0.15) is 0 Å². The van der Waals surface area contributed by atoms with E-state index in [1.807, 2.05) is 13.8 Å². The van der Waals surface area contributed by atoms with E-state index in [1.165, 1.54) is 16.7 Å². The number of nitrogens with one attached hydrogen (secondary N) is 1. The maximum absolute atomic E-state index is 5.82. The SMILES string of the molecule is CC(C)NC(N)=NCc1ccc(-c2ccc3c(c2)CCO3)cc1. The molecule has 3 rings (SSSR count). The molecule has 0 atom stereocenters. The van der Waals surface area contributed by atoms with Crippen LogP contribution in [0, 0.1) is 0 Å². The van der Waals surface area contributed by atoms with Gasteiger partial charge in [0, 0.05) is 12.5 Å². The molecule has 3 N–H and O–H groups in total. The molecule has 4 heteroatoms. The minimum atomic E-state index is 0.296. The molecule has 0 unspecified atom stereocenters. The Bertz CT molecular complexity index is 705. The van der Waals surface area contributed by atoms with E-state index in [2.05, 4.69) is 52.8 Å². The van der Waals surface area contributed by atoms with Crippen LogP contribution in [0.3, 0.4) is 0 Å². The zero-order valence-electron chi connectivity index (χ0n) is 13.7. The van der Waals surface area contributed by atoms with Crippen LogP contribution in [0.2, 0.25) is 0 Å². The molecule has 23 heavy (non-hydrogen) atoms. The first-order chi connectivity index (χ1) is 11.1. The van der Waals surface area contributed by atoms with Crippen molar-refractivity contribution in [3.8, 4) is 16.9 Å². The maximum atomic E-state index is 5.82. The van der Waals surface area contributed by atoms with Gasteiger partial charge >= 0.3 is 0 Å². The fraction of sp³-hybridized carbons (Fsp3) is 0.316. The summed E-state index contributed by atoms with van der Waals surface area (Å²) in [7, 11) is 0. The Balaban J connectivity index is 1.70. The number of nitrogens with two attached hydrogens (primary N) is 1. The van der Waals surface area contributed by atoms with Gasteiger partial charge in [0.1, 0.15) is 5.75 Å². The Morgan fingerprint density at radius 2 is 1.91 bits per heavy atom. The van der Waals surface area contributed by atoms with E-state index in [0.29, 0.717) is 18.5 Å². The molecule has 0 aliphatic carbocycles. The van der Waals surface area contributed by atoms with Crippen LogP contribution >= 0.6 is 0 Å². The van der Waals surface area contributed by atoms with Gasteiger partial charge in [0.05, 0.1) is 13.2 Å². The van der Waals surface area contributed by atoms with Gasteiger partial charge < -0.3 is 15.8 Å². The number of nitrogens with zero attached hydrogens (tertiary/aromatic N) is 1. The Morgan fingerprint density at radius 3 is 2.65 bits per heavy atom. The van der Waals surface area contributed by atoms with Crippen molar-refractivity contribution >= 4 is 5.96 Å². The van der Waals surface area contributed by atoms with Gasteiger partial charge in [0.2, 0.25) is 0 Å². The maximum Gasteiger partial charge on any atom is 0.189 e. The van der Waals surface area contributed by atoms with Crippen molar-refractivity contribution in [2.75, 3.05) is 6.61 Å². The molecule has 1 aliphatic heterocycles. The number of ether oxygens (including phenoxy) is 1. The van der Waals surface area contributed by atoms with Crippen LogP contribution in [0.15, 0.2) is 47.5 Å². The number of hydrogen-bond donors (Lipinski definition) is 2. The molecule has 0 saturated carbocycles. The fourth-order valence-electron chi connectivity index (χ4n) is 2.69. The second kappa shape index (κ2) is 6.73. The van der Waals surface area contributed by atoms with E-state index < -0.39 is 0 Å². The smallest absolute Gasteiger partial charge is 0.189 e. The summed E-state index contributed by atoms with van der Waals surface area (Å²) in [5.41, 5.74) is 10.7. The van der Waals surface area contributed by atoms with Gasteiger partial charge in [-0.3, -0.25) is 0 Å². The topological polar surface area (TPSA) is 59.6 Å². The van der Waals surface area contributed by atoms with Crippen molar-refractivity contribution in [3.05, 3.63) is 53.6 Å². The monoisotopic (exact) mass is 309 g/mol. The Hall–Kier alpha value is -2.49. The highest BCUT2D eigenvalue weighted by Gasteiger charge is 2.12. The van der Waals surface area contributed by atoms with Gasteiger partial charge in [-0.05, 0) is 48.2 Å². The summed E-state index contributed by atoms with van der Waals surface area (Å²) in [4.78, 5) is 4.35. The first kappa shape index (κ1) is 15.4. The quantitative estimate of drug-likeness (QED) is 0.674. The fourth-order valence-corrected chi connectivity index (χ4v) is 2.69. The number of aliphatic imine (C=N–C) groups is 1. The molecule has 0 fully saturated rings. The highest BCUT2D eigenvalue weighted by molar-refractivity contribution is 5.78. The van der Waals surface area contributed by atoms with Gasteiger partial charge in [0.15, 0.2) is 5.96 Å². The van der Waals surface area contributed by atoms with Gasteiger partial charge in [-0.15, -0.1) is 0 Å². The first-order valence-corrected chi connectivity index (χ1v) is 8.03. The molecule has 0 amide bonds. The second-order valence-electron chi connectivity index (χ2n) is 6.12. The predicted molar refractivity (Wildman–Crippen MR) is 94.7 cm³/mol. The molecule has 1 aliphatic rings. The zero-order chi connectivity index (χ0) is 16.2. The average Bonchev–Trinajstić information content (AvgIpc) is 3.00. The van der Waals surface area contributed by atoms with Crippen LogP contribution in [0.4, 0.5) is 0 Å². The lowest BCUT2D eigenvalue weighted by Crippen LogP contribution is -2.36. The molecule has 0 spiro atoms. The number of guanidine groups is 1. The minimum Gasteiger partial charge on any atom is -0.493 e. The third-order valence-corrected chi connectivity index (χ3v) is 3.85. The lowest BCUT2D eigenvalue weighted by Gasteiger charge is -2.09. The summed E-state index contributed by atoms with van der Waals surface area (Å²) >= 11 is 0. The van der Waals surface area contributed by atoms with Crippen LogP contribution in [0.5, 0.6) is 5.75 Å². The molecule has 2 aromatic carbocycles. The molecule has 120 valence electrons. The van der Waals surface area contributed by atoms with Gasteiger partial charge in [0.25, 0.3) is 0 Å². The largest absolute Gasteiger partial charge is 0.493 e. The standard InChI is InChI=1S/C19H23N3O/c1-13(2)22-19(20)21-12-14-3-5-15(6-4-14)16-7-8-18-17(11-16)9-10-23-18/h3-8,11,13H,9-10,12H2,1-2H3,(H3,20,21,22). The van der Waals surface area contributed by atoms with Crippen molar-refractivity contribution in [2.45, 2.75) is 32.9 Å². The van der Waals surface area contributed by atoms with Gasteiger partial charge in [-0.25, -0.2) is 4.99 Å². The van der Waals surface area contributed by atoms with Crippen molar-refractivity contribution in [1.29, 1.82) is 0 Å². The molecule has 2 aromatic rings. The highest BCUT2D eigenvalue weighted by Crippen LogP contribution is 2.30. The highest BCUT2D eigenvalue weighted by atomic mass is 16.5. The first-order valence-electron chi connectivity index (χ1n) is 8.03. The molecule has 0 bridgehead atoms. The van der Waals surface area contributed by atoms with E-state index in [9.17, 15) is 0 Å². The third-order valence-electron chi connectivity index (χ3n) is 3.85. The van der Waals surface area contributed by atoms with Gasteiger partial charge in [-0.1, -0.05) is 30.3 Å². The van der Waals surface area contributed by atoms with Crippen LogP contribution in [-0.2, 0) is 13.0 Å². The summed E-state index contributed by atoms with van der Waals surface area (Å²) in [6.45, 7) is 5.46. The molecular formula is C19H23N3O. The average molecular weight is 309 g/mol. The van der Waals surface area contributed by atoms with E-state index in [0.717, 1.165) is 24.3 Å². The van der Waals surface area contributed by atoms with E-state index in [4.69, 9.17) is 10.5 Å². The molecule has 0 radical (unpaired) electrons. The van der Waals surface area contributed by atoms with Crippen LogP contribution < -0.4 is 15.8 Å².